The van der Waals surface area contributed by atoms with Crippen LogP contribution in [-0.4, -0.2) is 60.2 Å². The molecular weight excluding hydrogens is 254 g/mol. The summed E-state index contributed by atoms with van der Waals surface area (Å²) in [4.78, 5) is 9.25. The number of nitrogens with zero attached hydrogens (tertiary/aromatic N) is 4. The molecule has 2 rings (SSSR count). The molecule has 6 nitrogen and oxygen atoms in total. The van der Waals surface area contributed by atoms with E-state index in [2.05, 4.69) is 34.0 Å². The number of unbranched alkanes of at least 4 members (excludes halogenated alkanes) is 2. The second-order valence-corrected chi connectivity index (χ2v) is 5.76. The third-order valence-corrected chi connectivity index (χ3v) is 3.94. The number of aryl methyl sites for hydroxylation is 1. The quantitative estimate of drug-likeness (QED) is 0.786. The maximum Gasteiger partial charge on any atom is 0.226 e. The van der Waals surface area contributed by atoms with Crippen molar-refractivity contribution >= 4 is 0 Å². The molecule has 0 spiro atoms. The summed E-state index contributed by atoms with van der Waals surface area (Å²) in [6, 6.07) is 0.240. The highest BCUT2D eigenvalue weighted by molar-refractivity contribution is 4.97. The van der Waals surface area contributed by atoms with Crippen molar-refractivity contribution in [1.82, 2.24) is 19.9 Å². The fourth-order valence-electron chi connectivity index (χ4n) is 2.65. The molecule has 1 atom stereocenters. The zero-order chi connectivity index (χ0) is 14.4. The van der Waals surface area contributed by atoms with Gasteiger partial charge in [-0.2, -0.15) is 4.98 Å². The van der Waals surface area contributed by atoms with E-state index in [-0.39, 0.29) is 6.04 Å². The standard InChI is InChI=1S/C14H27N5O/c1-18-9-6-10-19(2)12(11-18)14-16-13(20-17-14)7-4-3-5-8-15/h12H,3-11,15H2,1-2H3. The van der Waals surface area contributed by atoms with Gasteiger partial charge in [-0.05, 0) is 53.0 Å². The summed E-state index contributed by atoms with van der Waals surface area (Å²) < 4.78 is 5.38. The molecule has 20 heavy (non-hydrogen) atoms. The van der Waals surface area contributed by atoms with Crippen LogP contribution in [0, 0.1) is 0 Å². The second kappa shape index (κ2) is 7.71. The maximum absolute atomic E-state index is 5.49. The molecule has 1 unspecified atom stereocenters. The van der Waals surface area contributed by atoms with Crippen molar-refractivity contribution < 1.29 is 4.52 Å². The molecule has 1 saturated heterocycles. The van der Waals surface area contributed by atoms with E-state index in [1.54, 1.807) is 0 Å². The SMILES string of the molecule is CN1CCCN(C)C(c2noc(CCCCCN)n2)C1. The lowest BCUT2D eigenvalue weighted by molar-refractivity contribution is 0.214. The van der Waals surface area contributed by atoms with Crippen LogP contribution < -0.4 is 5.73 Å². The van der Waals surface area contributed by atoms with Gasteiger partial charge in [-0.3, -0.25) is 4.90 Å². The van der Waals surface area contributed by atoms with Crippen LogP contribution in [0.25, 0.3) is 0 Å². The van der Waals surface area contributed by atoms with E-state index in [4.69, 9.17) is 10.3 Å². The van der Waals surface area contributed by atoms with Crippen LogP contribution in [0.4, 0.5) is 0 Å². The summed E-state index contributed by atoms with van der Waals surface area (Å²) in [6.07, 6.45) is 5.31. The first kappa shape index (κ1) is 15.4. The average molecular weight is 281 g/mol. The van der Waals surface area contributed by atoms with Crippen LogP contribution in [-0.2, 0) is 6.42 Å². The van der Waals surface area contributed by atoms with E-state index in [0.717, 1.165) is 63.6 Å². The lowest BCUT2D eigenvalue weighted by Gasteiger charge is -2.24. The van der Waals surface area contributed by atoms with Crippen molar-refractivity contribution in [3.8, 4) is 0 Å². The molecule has 114 valence electrons. The summed E-state index contributed by atoms with van der Waals surface area (Å²) in [5.74, 6) is 1.59. The van der Waals surface area contributed by atoms with Gasteiger partial charge in [-0.15, -0.1) is 0 Å². The normalized spacial score (nSPS) is 22.1. The van der Waals surface area contributed by atoms with Gasteiger partial charge in [0.05, 0.1) is 6.04 Å². The van der Waals surface area contributed by atoms with Crippen molar-refractivity contribution in [2.75, 3.05) is 40.3 Å². The Labute approximate surface area is 121 Å². The van der Waals surface area contributed by atoms with Gasteiger partial charge < -0.3 is 15.2 Å². The Kier molecular flexibility index (Phi) is 5.94. The number of hydrogen-bond acceptors (Lipinski definition) is 6. The lowest BCUT2D eigenvalue weighted by atomic mass is 10.2. The van der Waals surface area contributed by atoms with Crippen LogP contribution in [0.3, 0.4) is 0 Å². The third kappa shape index (κ3) is 4.26. The molecule has 0 aromatic carbocycles. The topological polar surface area (TPSA) is 71.4 Å². The Morgan fingerprint density at radius 2 is 2.10 bits per heavy atom. The van der Waals surface area contributed by atoms with Crippen LogP contribution in [0.1, 0.15) is 43.4 Å². The Bertz CT molecular complexity index is 395. The molecule has 0 radical (unpaired) electrons. The van der Waals surface area contributed by atoms with Gasteiger partial charge in [0.1, 0.15) is 0 Å². The zero-order valence-corrected chi connectivity index (χ0v) is 12.7. The average Bonchev–Trinajstić information content (AvgIpc) is 2.82. The van der Waals surface area contributed by atoms with Crippen LogP contribution >= 0.6 is 0 Å². The van der Waals surface area contributed by atoms with Crippen molar-refractivity contribution in [2.24, 2.45) is 5.73 Å². The molecule has 1 aromatic heterocycles. The van der Waals surface area contributed by atoms with E-state index < -0.39 is 0 Å². The molecule has 0 saturated carbocycles. The van der Waals surface area contributed by atoms with Gasteiger partial charge >= 0.3 is 0 Å². The highest BCUT2D eigenvalue weighted by Crippen LogP contribution is 2.21. The minimum absolute atomic E-state index is 0.240. The number of rotatable bonds is 6. The first-order valence-electron chi connectivity index (χ1n) is 7.62. The Balaban J connectivity index is 1.92. The van der Waals surface area contributed by atoms with Crippen molar-refractivity contribution in [2.45, 2.75) is 38.1 Å². The van der Waals surface area contributed by atoms with Crippen LogP contribution in [0.2, 0.25) is 0 Å². The third-order valence-electron chi connectivity index (χ3n) is 3.94. The van der Waals surface area contributed by atoms with Gasteiger partial charge in [0.15, 0.2) is 5.82 Å². The van der Waals surface area contributed by atoms with Gasteiger partial charge in [0, 0.05) is 13.0 Å². The molecule has 6 heteroatoms. The molecule has 0 aliphatic carbocycles. The van der Waals surface area contributed by atoms with Crippen molar-refractivity contribution in [3.63, 3.8) is 0 Å². The zero-order valence-electron chi connectivity index (χ0n) is 12.7. The Hall–Kier alpha value is -0.980. The molecule has 2 heterocycles. The highest BCUT2D eigenvalue weighted by Gasteiger charge is 2.26. The summed E-state index contributed by atoms with van der Waals surface area (Å²) in [5.41, 5.74) is 5.49. The minimum atomic E-state index is 0.240. The lowest BCUT2D eigenvalue weighted by Crippen LogP contribution is -2.31. The van der Waals surface area contributed by atoms with Gasteiger partial charge in [-0.1, -0.05) is 11.6 Å². The molecule has 1 fully saturated rings. The number of hydrogen-bond donors (Lipinski definition) is 1. The fraction of sp³-hybridized carbons (Fsp3) is 0.857. The summed E-state index contributed by atoms with van der Waals surface area (Å²) in [6.45, 7) is 3.93. The summed E-state index contributed by atoms with van der Waals surface area (Å²) in [5, 5.41) is 4.19. The van der Waals surface area contributed by atoms with Crippen LogP contribution in [0.5, 0.6) is 0 Å². The van der Waals surface area contributed by atoms with E-state index >= 15 is 0 Å². The van der Waals surface area contributed by atoms with E-state index in [1.807, 2.05) is 0 Å². The van der Waals surface area contributed by atoms with Crippen molar-refractivity contribution in [3.05, 3.63) is 11.7 Å². The molecule has 0 amide bonds. The Morgan fingerprint density at radius 1 is 1.25 bits per heavy atom. The molecular formula is C14H27N5O. The first-order chi connectivity index (χ1) is 9.70. The van der Waals surface area contributed by atoms with E-state index in [0.29, 0.717) is 0 Å². The molecule has 2 N–H and O–H groups in total. The predicted octanol–water partition coefficient (Wildman–Crippen LogP) is 1.05. The fourth-order valence-corrected chi connectivity index (χ4v) is 2.65. The molecule has 1 aliphatic rings. The smallest absolute Gasteiger partial charge is 0.226 e. The van der Waals surface area contributed by atoms with Gasteiger partial charge in [0.25, 0.3) is 0 Å². The van der Waals surface area contributed by atoms with Crippen LogP contribution in [0.15, 0.2) is 4.52 Å². The summed E-state index contributed by atoms with van der Waals surface area (Å²) >= 11 is 0. The molecule has 0 bridgehead atoms. The molecule has 1 aromatic rings. The first-order valence-corrected chi connectivity index (χ1v) is 7.62. The largest absolute Gasteiger partial charge is 0.339 e. The number of aromatic nitrogens is 2. The monoisotopic (exact) mass is 281 g/mol. The van der Waals surface area contributed by atoms with E-state index in [1.165, 1.54) is 6.42 Å². The van der Waals surface area contributed by atoms with Gasteiger partial charge in [0.2, 0.25) is 5.89 Å². The number of likely N-dealkylation sites (N-methyl/N-ethyl adjacent to an activating group) is 2. The summed E-state index contributed by atoms with van der Waals surface area (Å²) in [7, 11) is 4.29. The molecule has 1 aliphatic heterocycles. The Morgan fingerprint density at radius 3 is 2.90 bits per heavy atom. The highest BCUT2D eigenvalue weighted by atomic mass is 16.5. The van der Waals surface area contributed by atoms with Crippen molar-refractivity contribution in [1.29, 1.82) is 0 Å². The maximum atomic E-state index is 5.49. The minimum Gasteiger partial charge on any atom is -0.339 e. The van der Waals surface area contributed by atoms with E-state index in [9.17, 15) is 0 Å². The predicted molar refractivity (Wildman–Crippen MR) is 78.4 cm³/mol. The second-order valence-electron chi connectivity index (χ2n) is 5.76. The number of nitrogens with two attached hydrogens (primary N) is 1. The van der Waals surface area contributed by atoms with Gasteiger partial charge in [-0.25, -0.2) is 0 Å².